The van der Waals surface area contributed by atoms with E-state index in [1.807, 2.05) is 0 Å². The molecule has 0 saturated heterocycles. The van der Waals surface area contributed by atoms with Crippen LogP contribution in [0.15, 0.2) is 109 Å². The Bertz CT molecular complexity index is 3480. The molecule has 9 rings (SSSR count). The first-order chi connectivity index (χ1) is 38.4. The third kappa shape index (κ3) is 13.4. The number of carboxylic acids is 1. The number of nitrogens with one attached hydrogen (secondary N) is 5. The Labute approximate surface area is 470 Å². The Morgan fingerprint density at radius 3 is 2.12 bits per heavy atom. The molecule has 6 aromatic rings. The summed E-state index contributed by atoms with van der Waals surface area (Å²) in [5.74, 6) is -10.2. The van der Waals surface area contributed by atoms with Crippen molar-refractivity contribution < 1.29 is 87.9 Å². The molecule has 25 heteroatoms. The standard InChI is InChI=1S/C56H51Cl2N5O18/c1-56(2,3)81-55(76)63-44-29-20-40(79-38-14-10-26(16-33(38)57)17-35(52(72)73)59-54(75)78-24-25-8-6-5-7-9-25)48(68)41(21-29)80-39-15-12-28(19-34(39)58)47(67)46-51(71)61-45(53(74)77-4)32-22-30(64)23-37(66)42(32)31-18-27(11-13-36(31)65)43(49(69)62-46)60-50(44)70/h5-16,18-23,35,43-47,64-68H,17,24H2,1-4H3,(H,59,75)(H,60,70)(H,61,71)(H,62,69)(H,63,76)(H,72,73)/t35?,43?,44?,45-,46?,47?/m1/s1. The number of halogens is 2. The summed E-state index contributed by atoms with van der Waals surface area (Å²) in [7, 11) is 0.981. The summed E-state index contributed by atoms with van der Waals surface area (Å²) in [5.41, 5.74) is -1.71. The number of aliphatic hydroxyl groups excluding tert-OH is 1. The highest BCUT2D eigenvalue weighted by Crippen LogP contribution is 2.47. The van der Waals surface area contributed by atoms with Gasteiger partial charge in [0.25, 0.3) is 0 Å². The van der Waals surface area contributed by atoms with E-state index in [0.717, 1.165) is 49.6 Å². The Kier molecular flexibility index (Phi) is 17.0. The fraction of sp³-hybridized carbons (Fsp3) is 0.232. The molecule has 0 radical (unpaired) electrons. The number of hydrogen-bond acceptors (Lipinski definition) is 17. The summed E-state index contributed by atoms with van der Waals surface area (Å²) < 4.78 is 28.0. The molecule has 3 aliphatic rings. The van der Waals surface area contributed by atoms with E-state index in [4.69, 9.17) is 46.9 Å². The minimum atomic E-state index is -2.07. The van der Waals surface area contributed by atoms with Crippen LogP contribution in [0.5, 0.6) is 46.0 Å². The van der Waals surface area contributed by atoms with Crippen LogP contribution in [0.1, 0.15) is 78.4 Å². The highest BCUT2D eigenvalue weighted by molar-refractivity contribution is 6.32. The van der Waals surface area contributed by atoms with E-state index in [-0.39, 0.29) is 68.0 Å². The van der Waals surface area contributed by atoms with E-state index < -0.39 is 118 Å². The Hall–Kier alpha value is -9.45. The van der Waals surface area contributed by atoms with Crippen molar-refractivity contribution in [1.29, 1.82) is 0 Å². The first-order valence-corrected chi connectivity index (χ1v) is 25.2. The molecule has 422 valence electrons. The van der Waals surface area contributed by atoms with E-state index in [1.165, 1.54) is 57.2 Å². The topological polar surface area (TPSA) is 347 Å². The number of benzene rings is 6. The quantitative estimate of drug-likeness (QED) is 0.0474. The number of alkyl carbamates (subject to hydrolysis) is 2. The molecule has 6 atom stereocenters. The Morgan fingerprint density at radius 2 is 1.44 bits per heavy atom. The lowest BCUT2D eigenvalue weighted by atomic mass is 9.89. The van der Waals surface area contributed by atoms with E-state index >= 15 is 4.79 Å². The third-order valence-corrected chi connectivity index (χ3v) is 13.1. The molecule has 11 N–H and O–H groups in total. The minimum absolute atomic E-state index is 0.123. The fourth-order valence-corrected chi connectivity index (χ4v) is 9.18. The number of aliphatic carboxylic acids is 1. The molecule has 81 heavy (non-hydrogen) atoms. The summed E-state index contributed by atoms with van der Waals surface area (Å²) in [6.45, 7) is 4.49. The van der Waals surface area contributed by atoms with Crippen molar-refractivity contribution in [1.82, 2.24) is 26.6 Å². The van der Waals surface area contributed by atoms with Crippen molar-refractivity contribution >= 4 is 65.0 Å². The molecular weight excluding hydrogens is 1100 g/mol. The summed E-state index contributed by atoms with van der Waals surface area (Å²) in [6, 6.07) is 14.6. The number of aliphatic hydroxyl groups is 1. The van der Waals surface area contributed by atoms with Crippen LogP contribution in [-0.2, 0) is 51.2 Å². The average molecular weight is 1150 g/mol. The number of carbonyl (C=O) groups is 7. The molecule has 8 bridgehead atoms. The maximum atomic E-state index is 15.1. The second-order valence-corrected chi connectivity index (χ2v) is 20.3. The zero-order valence-corrected chi connectivity index (χ0v) is 44.6. The van der Waals surface area contributed by atoms with Crippen molar-refractivity contribution in [3.8, 4) is 57.1 Å². The van der Waals surface area contributed by atoms with Gasteiger partial charge in [0.1, 0.15) is 71.2 Å². The van der Waals surface area contributed by atoms with Gasteiger partial charge < -0.3 is 80.9 Å². The number of amides is 5. The van der Waals surface area contributed by atoms with Gasteiger partial charge in [-0.3, -0.25) is 14.4 Å². The number of phenolic OH excluding ortho intramolecular Hbond substituents is 4. The molecule has 0 saturated carbocycles. The maximum absolute atomic E-state index is 15.1. The largest absolute Gasteiger partial charge is 0.508 e. The van der Waals surface area contributed by atoms with Crippen LogP contribution in [0, 0.1) is 0 Å². The molecule has 23 nitrogen and oxygen atoms in total. The van der Waals surface area contributed by atoms with E-state index in [9.17, 15) is 59.4 Å². The first-order valence-electron chi connectivity index (χ1n) is 24.4. The molecule has 6 aromatic carbocycles. The highest BCUT2D eigenvalue weighted by Gasteiger charge is 2.40. The van der Waals surface area contributed by atoms with Gasteiger partial charge in [-0.2, -0.15) is 0 Å². The number of fused-ring (bicyclic) bond motifs is 8. The van der Waals surface area contributed by atoms with Crippen molar-refractivity contribution in [2.45, 2.75) is 75.7 Å². The summed E-state index contributed by atoms with van der Waals surface area (Å²) in [5, 5.41) is 79.2. The normalized spacial score (nSPS) is 18.2. The zero-order chi connectivity index (χ0) is 58.6. The second kappa shape index (κ2) is 23.9. The molecule has 5 unspecified atom stereocenters. The van der Waals surface area contributed by atoms with Crippen LogP contribution in [0.2, 0.25) is 10.0 Å². The first kappa shape index (κ1) is 57.7. The van der Waals surface area contributed by atoms with Gasteiger partial charge in [0, 0.05) is 29.2 Å². The number of methoxy groups -OCH3 is 1. The third-order valence-electron chi connectivity index (χ3n) is 12.5. The maximum Gasteiger partial charge on any atom is 0.408 e. The summed E-state index contributed by atoms with van der Waals surface area (Å²) >= 11 is 13.5. The number of aromatic hydroxyl groups is 4. The van der Waals surface area contributed by atoms with Crippen LogP contribution in [-0.4, -0.2) is 97.3 Å². The van der Waals surface area contributed by atoms with Crippen molar-refractivity contribution in [2.75, 3.05) is 7.11 Å². The monoisotopic (exact) mass is 1150 g/mol. The molecule has 0 spiro atoms. The second-order valence-electron chi connectivity index (χ2n) is 19.4. The number of ether oxygens (including phenoxy) is 5. The summed E-state index contributed by atoms with van der Waals surface area (Å²) in [6.07, 6.45) is -4.51. The number of carboxylic acid groups (broad SMARTS) is 1. The van der Waals surface area contributed by atoms with Gasteiger partial charge in [-0.1, -0.05) is 71.7 Å². The Balaban J connectivity index is 1.24. The van der Waals surface area contributed by atoms with Crippen molar-refractivity contribution in [3.63, 3.8) is 0 Å². The number of phenols is 4. The lowest BCUT2D eigenvalue weighted by Gasteiger charge is -2.31. The number of esters is 1. The van der Waals surface area contributed by atoms with Gasteiger partial charge in [0.15, 0.2) is 17.5 Å². The van der Waals surface area contributed by atoms with Crippen LogP contribution in [0.4, 0.5) is 9.59 Å². The lowest BCUT2D eigenvalue weighted by Crippen LogP contribution is -2.55. The zero-order valence-electron chi connectivity index (χ0n) is 43.1. The van der Waals surface area contributed by atoms with Crippen LogP contribution in [0.25, 0.3) is 11.1 Å². The van der Waals surface area contributed by atoms with Gasteiger partial charge in [0.05, 0.1) is 17.2 Å². The lowest BCUT2D eigenvalue weighted by molar-refractivity contribution is -0.146. The summed E-state index contributed by atoms with van der Waals surface area (Å²) in [4.78, 5) is 96.8. The van der Waals surface area contributed by atoms with Crippen LogP contribution in [0.3, 0.4) is 0 Å². The number of rotatable bonds is 10. The molecule has 0 fully saturated rings. The van der Waals surface area contributed by atoms with Gasteiger partial charge in [-0.25, -0.2) is 19.2 Å². The molecule has 3 aliphatic heterocycles. The molecule has 3 heterocycles. The average Bonchev–Trinajstić information content (AvgIpc) is 3.50. The van der Waals surface area contributed by atoms with E-state index in [1.54, 1.807) is 30.3 Å². The van der Waals surface area contributed by atoms with Crippen LogP contribution >= 0.6 is 23.2 Å². The Morgan fingerprint density at radius 1 is 0.716 bits per heavy atom. The van der Waals surface area contributed by atoms with E-state index in [0.29, 0.717) is 11.1 Å². The fourth-order valence-electron chi connectivity index (χ4n) is 8.71. The molecular formula is C56H51Cl2N5O18. The van der Waals surface area contributed by atoms with Gasteiger partial charge in [0.2, 0.25) is 23.5 Å². The van der Waals surface area contributed by atoms with Gasteiger partial charge in [-0.05, 0) is 103 Å². The minimum Gasteiger partial charge on any atom is -0.508 e. The molecule has 0 aliphatic carbocycles. The van der Waals surface area contributed by atoms with Gasteiger partial charge >= 0.3 is 24.1 Å². The van der Waals surface area contributed by atoms with Crippen molar-refractivity contribution in [3.05, 3.63) is 153 Å². The predicted octanol–water partition coefficient (Wildman–Crippen LogP) is 7.29. The SMILES string of the molecule is COC(=O)[C@@H]1NC(=O)C2NC(=O)C(NC(=O)C(NC(=O)OC(C)(C)C)c3cc(Oc4ccc(CC(NC(=O)OCc5ccccc5)C(=O)O)cc4Cl)c(O)c(c3)Oc3ccc(cc3Cl)C2O)c2ccc(O)c(c2)-c2c(O)cc(O)cc21. The number of hydrogen-bond donors (Lipinski definition) is 11. The molecule has 0 aromatic heterocycles. The van der Waals surface area contributed by atoms with Gasteiger partial charge in [-0.15, -0.1) is 0 Å². The molecule has 5 amide bonds. The predicted molar refractivity (Wildman–Crippen MR) is 286 cm³/mol. The smallest absolute Gasteiger partial charge is 0.408 e. The number of carbonyl (C=O) groups excluding carboxylic acids is 6. The highest BCUT2D eigenvalue weighted by atomic mass is 35.5. The van der Waals surface area contributed by atoms with Crippen molar-refractivity contribution in [2.24, 2.45) is 0 Å². The van der Waals surface area contributed by atoms with Crippen LogP contribution < -0.4 is 36.1 Å². The van der Waals surface area contributed by atoms with E-state index in [2.05, 4.69) is 26.6 Å².